The predicted molar refractivity (Wildman–Crippen MR) is 48.0 cm³/mol. The van der Waals surface area contributed by atoms with Crippen LogP contribution in [0.1, 0.15) is 20.8 Å². The van der Waals surface area contributed by atoms with E-state index in [2.05, 4.69) is 4.98 Å². The molecule has 0 aliphatic rings. The number of carboxylic acid groups (broad SMARTS) is 2. The Morgan fingerprint density at radius 1 is 1.19 bits per heavy atom. The monoisotopic (exact) mass is 247 g/mol. The number of hydrogen-bond acceptors (Lipinski definition) is 5. The number of hydrogen-bond donors (Lipinski definition) is 3. The van der Waals surface area contributed by atoms with Crippen LogP contribution < -0.4 is 0 Å². The highest BCUT2D eigenvalue weighted by molar-refractivity contribution is 7.86. The van der Waals surface area contributed by atoms with Crippen molar-refractivity contribution in [3.63, 3.8) is 0 Å². The lowest BCUT2D eigenvalue weighted by Gasteiger charge is -2.02. The van der Waals surface area contributed by atoms with Gasteiger partial charge in [0.2, 0.25) is 0 Å². The summed E-state index contributed by atoms with van der Waals surface area (Å²) in [4.78, 5) is 23.3. The van der Waals surface area contributed by atoms with E-state index in [1.165, 1.54) is 0 Å². The molecule has 1 heterocycles. The Labute approximate surface area is 88.9 Å². The Kier molecular flexibility index (Phi) is 2.92. The molecule has 0 aliphatic carbocycles. The van der Waals surface area contributed by atoms with Crippen LogP contribution >= 0.6 is 0 Å². The van der Waals surface area contributed by atoms with Crippen LogP contribution in [-0.2, 0) is 10.1 Å². The van der Waals surface area contributed by atoms with Gasteiger partial charge in [-0.1, -0.05) is 0 Å². The maximum Gasteiger partial charge on any atom is 0.354 e. The molecule has 0 aliphatic heterocycles. The zero-order chi connectivity index (χ0) is 12.5. The molecule has 0 atom stereocenters. The number of carboxylic acids is 2. The third-order valence-electron chi connectivity index (χ3n) is 1.59. The highest BCUT2D eigenvalue weighted by Crippen LogP contribution is 2.15. The van der Waals surface area contributed by atoms with Crippen molar-refractivity contribution in [2.45, 2.75) is 4.90 Å². The molecule has 0 radical (unpaired) electrons. The molecular weight excluding hydrogens is 242 g/mol. The van der Waals surface area contributed by atoms with Crippen LogP contribution in [0.25, 0.3) is 0 Å². The van der Waals surface area contributed by atoms with Gasteiger partial charge in [0.15, 0.2) is 0 Å². The molecule has 1 aromatic rings. The normalized spacial score (nSPS) is 11.1. The quantitative estimate of drug-likeness (QED) is 0.619. The second-order valence-corrected chi connectivity index (χ2v) is 4.04. The smallest absolute Gasteiger partial charge is 0.354 e. The van der Waals surface area contributed by atoms with Crippen LogP contribution in [0.3, 0.4) is 0 Å². The molecule has 0 aromatic carbocycles. The van der Waals surface area contributed by atoms with Crippen molar-refractivity contribution in [1.29, 1.82) is 0 Å². The van der Waals surface area contributed by atoms with Gasteiger partial charge >= 0.3 is 11.9 Å². The minimum absolute atomic E-state index is 0.473. The molecule has 0 spiro atoms. The van der Waals surface area contributed by atoms with Crippen LogP contribution in [0.5, 0.6) is 0 Å². The first-order chi connectivity index (χ1) is 7.23. The minimum atomic E-state index is -4.82. The van der Waals surface area contributed by atoms with E-state index in [0.29, 0.717) is 12.3 Å². The largest absolute Gasteiger partial charge is 0.478 e. The van der Waals surface area contributed by atoms with Crippen molar-refractivity contribution in [3.8, 4) is 0 Å². The van der Waals surface area contributed by atoms with E-state index in [4.69, 9.17) is 14.8 Å². The van der Waals surface area contributed by atoms with Gasteiger partial charge in [0.05, 0.1) is 5.56 Å². The molecule has 0 amide bonds. The molecule has 8 nitrogen and oxygen atoms in total. The summed E-state index contributed by atoms with van der Waals surface area (Å²) in [5.74, 6) is -3.18. The van der Waals surface area contributed by atoms with Crippen molar-refractivity contribution >= 4 is 22.1 Å². The van der Waals surface area contributed by atoms with Gasteiger partial charge < -0.3 is 10.2 Å². The standard InChI is InChI=1S/C7H5NO7S/c9-6(10)3-2-8-4(7(11)12)1-5(3)16(13,14)15/h1-2H,(H,9,10)(H,11,12)(H,13,14,15). The maximum atomic E-state index is 10.8. The molecule has 1 rings (SSSR count). The zero-order valence-electron chi connectivity index (χ0n) is 7.48. The Morgan fingerprint density at radius 3 is 2.12 bits per heavy atom. The number of aromatic nitrogens is 1. The lowest BCUT2D eigenvalue weighted by atomic mass is 10.2. The molecule has 86 valence electrons. The van der Waals surface area contributed by atoms with Crippen LogP contribution in [0, 0.1) is 0 Å². The molecule has 1 aromatic heterocycles. The van der Waals surface area contributed by atoms with E-state index in [9.17, 15) is 18.0 Å². The predicted octanol–water partition coefficient (Wildman–Crippen LogP) is -0.275. The minimum Gasteiger partial charge on any atom is -0.478 e. The molecular formula is C7H5NO7S. The van der Waals surface area contributed by atoms with E-state index in [-0.39, 0.29) is 0 Å². The Morgan fingerprint density at radius 2 is 1.75 bits per heavy atom. The topological polar surface area (TPSA) is 142 Å². The van der Waals surface area contributed by atoms with Gasteiger partial charge in [0, 0.05) is 6.20 Å². The molecule has 3 N–H and O–H groups in total. The zero-order valence-corrected chi connectivity index (χ0v) is 8.30. The molecule has 16 heavy (non-hydrogen) atoms. The first kappa shape index (κ1) is 12.1. The third-order valence-corrected chi connectivity index (χ3v) is 2.49. The number of rotatable bonds is 3. The Bertz CT molecular complexity index is 562. The van der Waals surface area contributed by atoms with E-state index in [1.54, 1.807) is 0 Å². The average molecular weight is 247 g/mol. The van der Waals surface area contributed by atoms with Gasteiger partial charge in [0.1, 0.15) is 10.6 Å². The van der Waals surface area contributed by atoms with E-state index < -0.39 is 38.2 Å². The van der Waals surface area contributed by atoms with Crippen molar-refractivity contribution in [2.24, 2.45) is 0 Å². The number of aromatic carboxylic acids is 2. The second kappa shape index (κ2) is 3.87. The van der Waals surface area contributed by atoms with Crippen LogP contribution in [0.4, 0.5) is 0 Å². The van der Waals surface area contributed by atoms with Crippen LogP contribution in [-0.4, -0.2) is 40.1 Å². The van der Waals surface area contributed by atoms with Gasteiger partial charge in [-0.15, -0.1) is 0 Å². The SMILES string of the molecule is O=C(O)c1cc(S(=O)(=O)O)c(C(=O)O)cn1. The first-order valence-corrected chi connectivity index (χ1v) is 5.11. The average Bonchev–Trinajstić information content (AvgIpc) is 2.15. The molecule has 0 unspecified atom stereocenters. The highest BCUT2D eigenvalue weighted by atomic mass is 32.2. The summed E-state index contributed by atoms with van der Waals surface area (Å²) in [6, 6.07) is 0.473. The van der Waals surface area contributed by atoms with Crippen molar-refractivity contribution in [3.05, 3.63) is 23.5 Å². The van der Waals surface area contributed by atoms with Crippen molar-refractivity contribution in [2.75, 3.05) is 0 Å². The fourth-order valence-electron chi connectivity index (χ4n) is 0.928. The molecule has 0 fully saturated rings. The summed E-state index contributed by atoms with van der Waals surface area (Å²) in [6.45, 7) is 0. The van der Waals surface area contributed by atoms with Crippen LogP contribution in [0.2, 0.25) is 0 Å². The van der Waals surface area contributed by atoms with Gasteiger partial charge in [-0.05, 0) is 6.07 Å². The third kappa shape index (κ3) is 2.32. The lowest BCUT2D eigenvalue weighted by molar-refractivity contribution is 0.0672. The lowest BCUT2D eigenvalue weighted by Crippen LogP contribution is -2.12. The van der Waals surface area contributed by atoms with E-state index in [1.807, 2.05) is 0 Å². The number of carbonyl (C=O) groups is 2. The highest BCUT2D eigenvalue weighted by Gasteiger charge is 2.23. The summed E-state index contributed by atoms with van der Waals surface area (Å²) >= 11 is 0. The second-order valence-electron chi connectivity index (χ2n) is 2.65. The Balaban J connectivity index is 3.58. The van der Waals surface area contributed by atoms with Gasteiger partial charge in [-0.25, -0.2) is 14.6 Å². The summed E-state index contributed by atoms with van der Waals surface area (Å²) in [5.41, 5.74) is -1.48. The van der Waals surface area contributed by atoms with Crippen molar-refractivity contribution in [1.82, 2.24) is 4.98 Å². The molecule has 0 bridgehead atoms. The van der Waals surface area contributed by atoms with Crippen LogP contribution in [0.15, 0.2) is 17.2 Å². The Hall–Kier alpha value is -2.00. The first-order valence-electron chi connectivity index (χ1n) is 3.67. The number of nitrogens with zero attached hydrogens (tertiary/aromatic N) is 1. The van der Waals surface area contributed by atoms with Gasteiger partial charge in [-0.2, -0.15) is 8.42 Å². The summed E-state index contributed by atoms with van der Waals surface area (Å²) in [7, 11) is -4.82. The number of pyridine rings is 1. The summed E-state index contributed by atoms with van der Waals surface area (Å²) < 4.78 is 30.3. The van der Waals surface area contributed by atoms with Gasteiger partial charge in [0.25, 0.3) is 10.1 Å². The summed E-state index contributed by atoms with van der Waals surface area (Å²) in [6.07, 6.45) is 0.550. The maximum absolute atomic E-state index is 10.8. The van der Waals surface area contributed by atoms with E-state index in [0.717, 1.165) is 0 Å². The van der Waals surface area contributed by atoms with Gasteiger partial charge in [-0.3, -0.25) is 4.55 Å². The molecule has 0 saturated carbocycles. The van der Waals surface area contributed by atoms with Crippen molar-refractivity contribution < 1.29 is 32.8 Å². The summed E-state index contributed by atoms with van der Waals surface area (Å²) in [5, 5.41) is 17.1. The van der Waals surface area contributed by atoms with E-state index >= 15 is 0 Å². The molecule has 0 saturated heterocycles. The fourth-order valence-corrected chi connectivity index (χ4v) is 1.61. The molecule has 9 heteroatoms. The fraction of sp³-hybridized carbons (Fsp3) is 0.